The molecule has 25 heavy (non-hydrogen) atoms. The molecule has 1 amide bonds. The molecule has 3 aromatic carbocycles. The van der Waals surface area contributed by atoms with Crippen LogP contribution in [0.25, 0.3) is 0 Å². The lowest BCUT2D eigenvalue weighted by molar-refractivity contribution is 0.0956. The van der Waals surface area contributed by atoms with Crippen LogP contribution in [0.15, 0.2) is 84.0 Å². The maximum absolute atomic E-state index is 12.4. The molecule has 0 unspecified atom stereocenters. The van der Waals surface area contributed by atoms with Gasteiger partial charge >= 0.3 is 0 Å². The molecule has 0 aromatic heterocycles. The van der Waals surface area contributed by atoms with Crippen molar-refractivity contribution < 1.29 is 4.79 Å². The average molecular weight is 350 g/mol. The van der Waals surface area contributed by atoms with Crippen LogP contribution in [0.2, 0.25) is 5.02 Å². The number of nitrogens with one attached hydrogen (secondary N) is 2. The van der Waals surface area contributed by atoms with Crippen LogP contribution in [0.5, 0.6) is 0 Å². The smallest absolute Gasteiger partial charge is 0.273 e. The van der Waals surface area contributed by atoms with E-state index in [1.54, 1.807) is 24.4 Å². The number of rotatable bonds is 5. The molecule has 0 bridgehead atoms. The number of carbonyl (C=O) groups is 1. The summed E-state index contributed by atoms with van der Waals surface area (Å²) >= 11 is 5.84. The summed E-state index contributed by atoms with van der Waals surface area (Å²) in [4.78, 5) is 12.4. The molecule has 4 nitrogen and oxygen atoms in total. The number of halogens is 1. The number of hydrogen-bond donors (Lipinski definition) is 2. The molecule has 2 N–H and O–H groups in total. The zero-order valence-electron chi connectivity index (χ0n) is 13.3. The van der Waals surface area contributed by atoms with Gasteiger partial charge in [0.2, 0.25) is 0 Å². The molecular formula is C20H16ClN3O. The highest BCUT2D eigenvalue weighted by Gasteiger charge is 2.10. The molecule has 0 spiro atoms. The Hall–Kier alpha value is -3.11. The molecule has 3 rings (SSSR count). The van der Waals surface area contributed by atoms with Gasteiger partial charge in [0.05, 0.1) is 17.5 Å². The van der Waals surface area contributed by atoms with Gasteiger partial charge in [0, 0.05) is 10.7 Å². The van der Waals surface area contributed by atoms with Gasteiger partial charge in [-0.1, -0.05) is 54.1 Å². The lowest BCUT2D eigenvalue weighted by Crippen LogP contribution is -2.18. The fourth-order valence-electron chi connectivity index (χ4n) is 2.24. The van der Waals surface area contributed by atoms with E-state index in [-0.39, 0.29) is 5.91 Å². The van der Waals surface area contributed by atoms with Gasteiger partial charge in [-0.25, -0.2) is 5.43 Å². The number of amides is 1. The first-order chi connectivity index (χ1) is 12.2. The Morgan fingerprint density at radius 1 is 0.880 bits per heavy atom. The van der Waals surface area contributed by atoms with Gasteiger partial charge in [0.15, 0.2) is 0 Å². The van der Waals surface area contributed by atoms with Gasteiger partial charge < -0.3 is 5.32 Å². The van der Waals surface area contributed by atoms with E-state index < -0.39 is 0 Å². The minimum absolute atomic E-state index is 0.288. The number of benzene rings is 3. The Morgan fingerprint density at radius 2 is 1.56 bits per heavy atom. The van der Waals surface area contributed by atoms with E-state index in [1.807, 2.05) is 60.7 Å². The molecule has 5 heteroatoms. The average Bonchev–Trinajstić information content (AvgIpc) is 2.64. The summed E-state index contributed by atoms with van der Waals surface area (Å²) in [5.74, 6) is -0.288. The molecule has 0 saturated carbocycles. The Labute approximate surface area is 151 Å². The van der Waals surface area contributed by atoms with Crippen molar-refractivity contribution in [2.24, 2.45) is 5.10 Å². The molecule has 0 saturated heterocycles. The molecule has 124 valence electrons. The van der Waals surface area contributed by atoms with Crippen LogP contribution in [0.4, 0.5) is 11.4 Å². The maximum Gasteiger partial charge on any atom is 0.273 e. The molecular weight excluding hydrogens is 334 g/mol. The van der Waals surface area contributed by atoms with Gasteiger partial charge in [-0.05, 0) is 42.0 Å². The standard InChI is InChI=1S/C20H16ClN3O/c21-16-12-10-15(11-13-16)14-22-24-20(25)18-8-4-5-9-19(18)23-17-6-2-1-3-7-17/h1-14,23H,(H,24,25)/b22-14+. The normalized spacial score (nSPS) is 10.6. The molecule has 0 aliphatic carbocycles. The van der Waals surface area contributed by atoms with Gasteiger partial charge in [-0.2, -0.15) is 5.10 Å². The molecule has 0 aliphatic heterocycles. The zero-order valence-corrected chi connectivity index (χ0v) is 14.1. The van der Waals surface area contributed by atoms with Crippen molar-refractivity contribution in [1.82, 2.24) is 5.43 Å². The highest BCUT2D eigenvalue weighted by Crippen LogP contribution is 2.20. The second-order valence-corrected chi connectivity index (χ2v) is 5.72. The largest absolute Gasteiger partial charge is 0.355 e. The summed E-state index contributed by atoms with van der Waals surface area (Å²) in [5.41, 5.74) is 5.53. The van der Waals surface area contributed by atoms with Crippen molar-refractivity contribution >= 4 is 35.1 Å². The van der Waals surface area contributed by atoms with Crippen molar-refractivity contribution in [3.8, 4) is 0 Å². The van der Waals surface area contributed by atoms with Crippen LogP contribution in [-0.4, -0.2) is 12.1 Å². The van der Waals surface area contributed by atoms with E-state index in [0.717, 1.165) is 11.3 Å². The lowest BCUT2D eigenvalue weighted by atomic mass is 10.1. The van der Waals surface area contributed by atoms with Gasteiger partial charge in [0.25, 0.3) is 5.91 Å². The highest BCUT2D eigenvalue weighted by atomic mass is 35.5. The fourth-order valence-corrected chi connectivity index (χ4v) is 2.37. The van der Waals surface area contributed by atoms with Crippen LogP contribution in [0.1, 0.15) is 15.9 Å². The van der Waals surface area contributed by atoms with Gasteiger partial charge in [0.1, 0.15) is 0 Å². The summed E-state index contributed by atoms with van der Waals surface area (Å²) in [7, 11) is 0. The number of hydrazone groups is 1. The monoisotopic (exact) mass is 349 g/mol. The van der Waals surface area contributed by atoms with Gasteiger partial charge in [-0.15, -0.1) is 0 Å². The van der Waals surface area contributed by atoms with E-state index in [4.69, 9.17) is 11.6 Å². The molecule has 0 heterocycles. The predicted octanol–water partition coefficient (Wildman–Crippen LogP) is 4.85. The van der Waals surface area contributed by atoms with Crippen LogP contribution >= 0.6 is 11.6 Å². The third kappa shape index (κ3) is 4.68. The first-order valence-corrected chi connectivity index (χ1v) is 8.10. The number of para-hydroxylation sites is 2. The van der Waals surface area contributed by atoms with E-state index >= 15 is 0 Å². The topological polar surface area (TPSA) is 53.5 Å². The molecule has 0 radical (unpaired) electrons. The number of anilines is 2. The summed E-state index contributed by atoms with van der Waals surface area (Å²) in [6.07, 6.45) is 1.57. The van der Waals surface area contributed by atoms with Crippen molar-refractivity contribution in [1.29, 1.82) is 0 Å². The van der Waals surface area contributed by atoms with E-state index in [0.29, 0.717) is 16.3 Å². The van der Waals surface area contributed by atoms with Crippen molar-refractivity contribution in [3.05, 3.63) is 95.0 Å². The van der Waals surface area contributed by atoms with Crippen LogP contribution < -0.4 is 10.7 Å². The van der Waals surface area contributed by atoms with Crippen molar-refractivity contribution in [2.75, 3.05) is 5.32 Å². The van der Waals surface area contributed by atoms with E-state index in [2.05, 4.69) is 15.8 Å². The van der Waals surface area contributed by atoms with Crippen molar-refractivity contribution in [2.45, 2.75) is 0 Å². The second-order valence-electron chi connectivity index (χ2n) is 5.29. The maximum atomic E-state index is 12.4. The molecule has 0 aliphatic rings. The summed E-state index contributed by atoms with van der Waals surface area (Å²) in [5, 5.41) is 7.90. The molecule has 3 aromatic rings. The third-order valence-corrected chi connectivity index (χ3v) is 3.73. The van der Waals surface area contributed by atoms with Gasteiger partial charge in [-0.3, -0.25) is 4.79 Å². The zero-order chi connectivity index (χ0) is 17.5. The van der Waals surface area contributed by atoms with Crippen LogP contribution in [0, 0.1) is 0 Å². The summed E-state index contributed by atoms with van der Waals surface area (Å²) in [6.45, 7) is 0. The first-order valence-electron chi connectivity index (χ1n) is 7.72. The fraction of sp³-hybridized carbons (Fsp3) is 0. The Morgan fingerprint density at radius 3 is 2.32 bits per heavy atom. The third-order valence-electron chi connectivity index (χ3n) is 3.47. The minimum Gasteiger partial charge on any atom is -0.355 e. The Bertz CT molecular complexity index is 877. The first kappa shape index (κ1) is 16.7. The Balaban J connectivity index is 1.70. The number of hydrogen-bond acceptors (Lipinski definition) is 3. The Kier molecular flexibility index (Phi) is 5.44. The van der Waals surface area contributed by atoms with Crippen molar-refractivity contribution in [3.63, 3.8) is 0 Å². The number of nitrogens with zero attached hydrogens (tertiary/aromatic N) is 1. The quantitative estimate of drug-likeness (QED) is 0.511. The van der Waals surface area contributed by atoms with Crippen LogP contribution in [-0.2, 0) is 0 Å². The minimum atomic E-state index is -0.288. The second kappa shape index (κ2) is 8.13. The predicted molar refractivity (Wildman–Crippen MR) is 103 cm³/mol. The lowest BCUT2D eigenvalue weighted by Gasteiger charge is -2.10. The summed E-state index contributed by atoms with van der Waals surface area (Å²) < 4.78 is 0. The van der Waals surface area contributed by atoms with E-state index in [9.17, 15) is 4.79 Å². The van der Waals surface area contributed by atoms with E-state index in [1.165, 1.54) is 0 Å². The number of carbonyl (C=O) groups excluding carboxylic acids is 1. The highest BCUT2D eigenvalue weighted by molar-refractivity contribution is 6.30. The summed E-state index contributed by atoms with van der Waals surface area (Å²) in [6, 6.07) is 24.1. The SMILES string of the molecule is O=C(N/N=C/c1ccc(Cl)cc1)c1ccccc1Nc1ccccc1. The van der Waals surface area contributed by atoms with Crippen LogP contribution in [0.3, 0.4) is 0 Å². The molecule has 0 fully saturated rings. The molecule has 0 atom stereocenters.